The molecule has 2 rings (SSSR count). The summed E-state index contributed by atoms with van der Waals surface area (Å²) < 4.78 is 5.89. The van der Waals surface area contributed by atoms with Crippen LogP contribution in [0.2, 0.25) is 0 Å². The minimum atomic E-state index is -0.875. The smallest absolute Gasteiger partial charge is 0.265 e. The summed E-state index contributed by atoms with van der Waals surface area (Å²) in [6.45, 7) is 7.93. The molecule has 1 heterocycles. The van der Waals surface area contributed by atoms with Gasteiger partial charge in [-0.1, -0.05) is 6.07 Å². The van der Waals surface area contributed by atoms with Crippen molar-refractivity contribution in [1.82, 2.24) is 0 Å². The highest BCUT2D eigenvalue weighted by molar-refractivity contribution is 6.65. The highest BCUT2D eigenvalue weighted by Gasteiger charge is 2.39. The van der Waals surface area contributed by atoms with Crippen LogP contribution in [0.5, 0.6) is 5.75 Å². The number of halogens is 1. The molecule has 0 N–H and O–H groups in total. The van der Waals surface area contributed by atoms with Crippen molar-refractivity contribution in [2.75, 3.05) is 0 Å². The molecule has 1 unspecified atom stereocenters. The summed E-state index contributed by atoms with van der Waals surface area (Å²) in [6.07, 6.45) is 1.49. The van der Waals surface area contributed by atoms with Crippen LogP contribution in [0.25, 0.3) is 0 Å². The van der Waals surface area contributed by atoms with Crippen LogP contribution >= 0.6 is 11.6 Å². The first kappa shape index (κ1) is 12.4. The molecule has 0 saturated heterocycles. The first-order chi connectivity index (χ1) is 7.85. The molecule has 92 valence electrons. The quantitative estimate of drug-likeness (QED) is 0.716. The second-order valence-corrected chi connectivity index (χ2v) is 5.39. The van der Waals surface area contributed by atoms with Gasteiger partial charge in [-0.3, -0.25) is 4.79 Å². The number of hydrogen-bond donors (Lipinski definition) is 0. The topological polar surface area (TPSA) is 26.3 Å². The standard InChI is InChI=1S/C14H17ClO2/c1-8-7-9(2)11-5-6-14(4,13(15)16)17-12(11)10(8)3/h7H,5-6H2,1-4H3. The van der Waals surface area contributed by atoms with Gasteiger partial charge in [0.15, 0.2) is 5.60 Å². The third kappa shape index (κ3) is 1.95. The molecule has 1 aliphatic rings. The molecule has 3 heteroatoms. The number of aryl methyl sites for hydroxylation is 2. The van der Waals surface area contributed by atoms with Crippen LogP contribution in [-0.2, 0) is 11.2 Å². The summed E-state index contributed by atoms with van der Waals surface area (Å²) in [4.78, 5) is 11.5. The van der Waals surface area contributed by atoms with Crippen molar-refractivity contribution in [2.24, 2.45) is 0 Å². The van der Waals surface area contributed by atoms with Crippen LogP contribution in [0, 0.1) is 20.8 Å². The molecule has 0 spiro atoms. The molecule has 2 nitrogen and oxygen atoms in total. The van der Waals surface area contributed by atoms with E-state index in [2.05, 4.69) is 19.9 Å². The van der Waals surface area contributed by atoms with Crippen LogP contribution in [0.4, 0.5) is 0 Å². The van der Waals surface area contributed by atoms with E-state index in [0.29, 0.717) is 6.42 Å². The van der Waals surface area contributed by atoms with E-state index in [0.717, 1.165) is 17.7 Å². The van der Waals surface area contributed by atoms with Crippen molar-refractivity contribution in [1.29, 1.82) is 0 Å². The molecule has 0 aliphatic carbocycles. The molecule has 1 aliphatic heterocycles. The van der Waals surface area contributed by atoms with Gasteiger partial charge in [-0.15, -0.1) is 0 Å². The van der Waals surface area contributed by atoms with Crippen molar-refractivity contribution in [3.8, 4) is 5.75 Å². The summed E-state index contributed by atoms with van der Waals surface area (Å²) in [5, 5.41) is -0.415. The van der Waals surface area contributed by atoms with E-state index >= 15 is 0 Å². The second kappa shape index (κ2) is 4.02. The van der Waals surface area contributed by atoms with Crippen LogP contribution in [-0.4, -0.2) is 10.8 Å². The minimum absolute atomic E-state index is 0.415. The number of benzene rings is 1. The largest absolute Gasteiger partial charge is 0.478 e. The lowest BCUT2D eigenvalue weighted by molar-refractivity contribution is -0.125. The zero-order valence-corrected chi connectivity index (χ0v) is 11.4. The van der Waals surface area contributed by atoms with Gasteiger partial charge in [0.1, 0.15) is 5.75 Å². The number of hydrogen-bond acceptors (Lipinski definition) is 2. The van der Waals surface area contributed by atoms with Gasteiger partial charge >= 0.3 is 0 Å². The van der Waals surface area contributed by atoms with Gasteiger partial charge in [0.05, 0.1) is 0 Å². The van der Waals surface area contributed by atoms with E-state index in [1.54, 1.807) is 6.92 Å². The Bertz CT molecular complexity index is 493. The highest BCUT2D eigenvalue weighted by atomic mass is 35.5. The molecule has 0 fully saturated rings. The lowest BCUT2D eigenvalue weighted by atomic mass is 9.88. The molecule has 0 bridgehead atoms. The third-order valence-electron chi connectivity index (χ3n) is 3.71. The van der Waals surface area contributed by atoms with Crippen molar-refractivity contribution >= 4 is 16.8 Å². The molecular formula is C14H17ClO2. The van der Waals surface area contributed by atoms with Gasteiger partial charge in [0.2, 0.25) is 0 Å². The first-order valence-electron chi connectivity index (χ1n) is 5.84. The molecule has 0 aromatic heterocycles. The summed E-state index contributed by atoms with van der Waals surface area (Å²) in [5.74, 6) is 0.852. The Morgan fingerprint density at radius 3 is 2.59 bits per heavy atom. The van der Waals surface area contributed by atoms with Gasteiger partial charge in [-0.05, 0) is 74.4 Å². The van der Waals surface area contributed by atoms with Crippen LogP contribution in [0.15, 0.2) is 6.07 Å². The molecule has 0 radical (unpaired) electrons. The average Bonchev–Trinajstić information content (AvgIpc) is 2.25. The fraction of sp³-hybridized carbons (Fsp3) is 0.500. The number of fused-ring (bicyclic) bond motifs is 1. The Morgan fingerprint density at radius 1 is 1.35 bits per heavy atom. The van der Waals surface area contributed by atoms with E-state index in [4.69, 9.17) is 16.3 Å². The number of rotatable bonds is 1. The summed E-state index contributed by atoms with van der Waals surface area (Å²) in [7, 11) is 0. The molecule has 0 amide bonds. The third-order valence-corrected chi connectivity index (χ3v) is 4.11. The Kier molecular flexibility index (Phi) is 2.94. The second-order valence-electron chi connectivity index (χ2n) is 5.05. The number of carbonyl (C=O) groups excluding carboxylic acids is 1. The SMILES string of the molecule is Cc1cc(C)c2c(c1C)OC(C)(C(=O)Cl)CC2. The van der Waals surface area contributed by atoms with Crippen LogP contribution in [0.1, 0.15) is 35.6 Å². The first-order valence-corrected chi connectivity index (χ1v) is 6.21. The van der Waals surface area contributed by atoms with E-state index in [1.807, 2.05) is 6.92 Å². The predicted molar refractivity (Wildman–Crippen MR) is 68.9 cm³/mol. The fourth-order valence-corrected chi connectivity index (χ4v) is 2.46. The molecule has 1 aromatic rings. The fourth-order valence-electron chi connectivity index (χ4n) is 2.33. The van der Waals surface area contributed by atoms with Crippen molar-refractivity contribution in [3.63, 3.8) is 0 Å². The van der Waals surface area contributed by atoms with Gasteiger partial charge < -0.3 is 4.74 Å². The van der Waals surface area contributed by atoms with Gasteiger partial charge in [0, 0.05) is 0 Å². The van der Waals surface area contributed by atoms with Crippen LogP contribution in [0.3, 0.4) is 0 Å². The maximum absolute atomic E-state index is 11.5. The van der Waals surface area contributed by atoms with E-state index in [1.165, 1.54) is 16.7 Å². The number of carbonyl (C=O) groups is 1. The lowest BCUT2D eigenvalue weighted by Crippen LogP contribution is -2.42. The van der Waals surface area contributed by atoms with E-state index < -0.39 is 10.8 Å². The minimum Gasteiger partial charge on any atom is -0.478 e. The normalized spacial score (nSPS) is 22.9. The monoisotopic (exact) mass is 252 g/mol. The van der Waals surface area contributed by atoms with Gasteiger partial charge in [-0.2, -0.15) is 0 Å². The summed E-state index contributed by atoms with van der Waals surface area (Å²) in [6, 6.07) is 2.17. The van der Waals surface area contributed by atoms with Crippen molar-refractivity contribution < 1.29 is 9.53 Å². The molecule has 17 heavy (non-hydrogen) atoms. The highest BCUT2D eigenvalue weighted by Crippen LogP contribution is 2.39. The maximum atomic E-state index is 11.5. The van der Waals surface area contributed by atoms with Gasteiger partial charge in [-0.25, -0.2) is 0 Å². The number of ether oxygens (including phenoxy) is 1. The summed E-state index contributed by atoms with van der Waals surface area (Å²) >= 11 is 5.63. The van der Waals surface area contributed by atoms with Gasteiger partial charge in [0.25, 0.3) is 5.24 Å². The Labute approximate surface area is 107 Å². The average molecular weight is 253 g/mol. The zero-order valence-electron chi connectivity index (χ0n) is 10.7. The molecule has 1 atom stereocenters. The Morgan fingerprint density at radius 2 is 2.00 bits per heavy atom. The summed E-state index contributed by atoms with van der Waals surface area (Å²) in [5.41, 5.74) is 3.86. The van der Waals surface area contributed by atoms with Crippen LogP contribution < -0.4 is 4.74 Å². The predicted octanol–water partition coefficient (Wildman–Crippen LogP) is 3.46. The maximum Gasteiger partial charge on any atom is 0.265 e. The lowest BCUT2D eigenvalue weighted by Gasteiger charge is -2.34. The van der Waals surface area contributed by atoms with E-state index in [9.17, 15) is 4.79 Å². The molecular weight excluding hydrogens is 236 g/mol. The zero-order chi connectivity index (χ0) is 12.8. The Hall–Kier alpha value is -1.02. The van der Waals surface area contributed by atoms with E-state index in [-0.39, 0.29) is 0 Å². The molecule has 0 saturated carbocycles. The molecule has 1 aromatic carbocycles. The van der Waals surface area contributed by atoms with Crippen molar-refractivity contribution in [2.45, 2.75) is 46.1 Å². The Balaban J connectivity index is 2.54. The van der Waals surface area contributed by atoms with Crippen molar-refractivity contribution in [3.05, 3.63) is 28.3 Å².